The third-order valence-electron chi connectivity index (χ3n) is 9.47. The molecule has 0 aliphatic carbocycles. The number of carboxylic acid groups (broad SMARTS) is 2. The van der Waals surface area contributed by atoms with E-state index in [1.807, 2.05) is 13.8 Å². The van der Waals surface area contributed by atoms with Crippen molar-refractivity contribution in [2.45, 2.75) is 143 Å². The number of aliphatic carboxylic acids is 2. The predicted molar refractivity (Wildman–Crippen MR) is 223 cm³/mol. The second-order valence-electron chi connectivity index (χ2n) is 16.4. The first-order valence-electron chi connectivity index (χ1n) is 20.3. The standard InChI is InChI=1S/C40H64BN7O13/c1-9-30(41(60)61)47-37(57)27(19-22(2)3)46-39(59)34(40(6,7)8)48-38(58)28(20-25-14-11-10-13-23(25)4)45-35(55)26(16-17-32(51)52)44-36(56)29(21-33(53)54)43-31(50)15-12-18-42-24(5)49/h10-11,13-14,22,26-30,34,60-61H,9,12,15-21H2,1-8H3,(H,42,49)(H,43,50)(H,44,56)(H,45,55)(H,46,59)(H,47,57)(H,48,58)(H,51,52)(H,53,54)/t26-,27-,28-,29-,30-,34+/m0/s1. The van der Waals surface area contributed by atoms with Gasteiger partial charge < -0.3 is 57.5 Å². The van der Waals surface area contributed by atoms with Crippen LogP contribution >= 0.6 is 0 Å². The van der Waals surface area contributed by atoms with Gasteiger partial charge in [0.15, 0.2) is 0 Å². The van der Waals surface area contributed by atoms with Crippen molar-refractivity contribution in [2.75, 3.05) is 6.54 Å². The van der Waals surface area contributed by atoms with Gasteiger partial charge in [0.25, 0.3) is 0 Å². The summed E-state index contributed by atoms with van der Waals surface area (Å²) in [5.74, 6) is -9.40. The van der Waals surface area contributed by atoms with Crippen LogP contribution in [-0.2, 0) is 49.6 Å². The van der Waals surface area contributed by atoms with Crippen molar-refractivity contribution in [3.05, 3.63) is 35.4 Å². The number of benzene rings is 1. The van der Waals surface area contributed by atoms with Crippen LogP contribution in [0.4, 0.5) is 0 Å². The molecule has 0 fully saturated rings. The largest absolute Gasteiger partial charge is 0.481 e. The molecule has 21 heteroatoms. The highest BCUT2D eigenvalue weighted by molar-refractivity contribution is 6.43. The molecule has 0 radical (unpaired) electrons. The first-order valence-corrected chi connectivity index (χ1v) is 20.3. The van der Waals surface area contributed by atoms with Gasteiger partial charge in [-0.05, 0) is 55.1 Å². The van der Waals surface area contributed by atoms with Crippen LogP contribution in [0.2, 0.25) is 0 Å². The number of carbonyl (C=O) groups excluding carboxylic acids is 7. The van der Waals surface area contributed by atoms with Gasteiger partial charge in [0, 0.05) is 32.7 Å². The number of hydrogen-bond donors (Lipinski definition) is 11. The molecule has 20 nitrogen and oxygen atoms in total. The molecule has 0 aliphatic heterocycles. The average Bonchev–Trinajstić information content (AvgIpc) is 3.14. The number of hydrogen-bond acceptors (Lipinski definition) is 11. The predicted octanol–water partition coefficient (Wildman–Crippen LogP) is -0.784. The highest BCUT2D eigenvalue weighted by atomic mass is 16.4. The van der Waals surface area contributed by atoms with Crippen molar-refractivity contribution in [1.29, 1.82) is 0 Å². The molecule has 0 aromatic heterocycles. The Morgan fingerprint density at radius 2 is 1.26 bits per heavy atom. The second-order valence-corrected chi connectivity index (χ2v) is 16.4. The minimum Gasteiger partial charge on any atom is -0.481 e. The Morgan fingerprint density at radius 1 is 0.705 bits per heavy atom. The lowest BCUT2D eigenvalue weighted by molar-refractivity contribution is -0.141. The molecule has 1 aromatic carbocycles. The highest BCUT2D eigenvalue weighted by Crippen LogP contribution is 2.21. The Balaban J connectivity index is 3.52. The Bertz CT molecular complexity index is 1700. The second kappa shape index (κ2) is 25.9. The van der Waals surface area contributed by atoms with Crippen LogP contribution in [0.1, 0.15) is 105 Å². The van der Waals surface area contributed by atoms with Crippen molar-refractivity contribution in [3.63, 3.8) is 0 Å². The van der Waals surface area contributed by atoms with E-state index in [2.05, 4.69) is 37.2 Å². The average molecular weight is 862 g/mol. The van der Waals surface area contributed by atoms with E-state index in [9.17, 15) is 63.4 Å². The van der Waals surface area contributed by atoms with Gasteiger partial charge in [-0.15, -0.1) is 0 Å². The quantitative estimate of drug-likeness (QED) is 0.0403. The lowest BCUT2D eigenvalue weighted by Gasteiger charge is -2.34. The van der Waals surface area contributed by atoms with Gasteiger partial charge in [-0.25, -0.2) is 0 Å². The van der Waals surface area contributed by atoms with Crippen molar-refractivity contribution < 1.29 is 63.4 Å². The molecule has 6 atom stereocenters. The molecular weight excluding hydrogens is 797 g/mol. The number of rotatable bonds is 26. The zero-order valence-electron chi connectivity index (χ0n) is 36.3. The molecule has 0 aliphatic rings. The van der Waals surface area contributed by atoms with Crippen molar-refractivity contribution >= 4 is 60.4 Å². The Morgan fingerprint density at radius 3 is 1.79 bits per heavy atom. The summed E-state index contributed by atoms with van der Waals surface area (Å²) in [4.78, 5) is 116. The van der Waals surface area contributed by atoms with Crippen molar-refractivity contribution in [3.8, 4) is 0 Å². The summed E-state index contributed by atoms with van der Waals surface area (Å²) in [7, 11) is -1.85. The number of carboxylic acids is 2. The van der Waals surface area contributed by atoms with Gasteiger partial charge in [-0.3, -0.25) is 43.2 Å². The maximum absolute atomic E-state index is 14.3. The van der Waals surface area contributed by atoms with Gasteiger partial charge >= 0.3 is 19.1 Å². The molecule has 0 heterocycles. The molecule has 1 aromatic rings. The minimum atomic E-state index is -1.85. The number of nitrogens with one attached hydrogen (secondary N) is 7. The van der Waals surface area contributed by atoms with Gasteiger partial charge in [-0.2, -0.15) is 0 Å². The fourth-order valence-electron chi connectivity index (χ4n) is 6.06. The smallest absolute Gasteiger partial charge is 0.475 e. The third kappa shape index (κ3) is 20.5. The molecule has 11 N–H and O–H groups in total. The monoisotopic (exact) mass is 861 g/mol. The SMILES string of the molecule is CC[C@H](NC(=O)[C@H](CC(C)C)NC(=O)[C@@H](NC(=O)[C@H](Cc1ccccc1C)NC(=O)[C@H](CCC(=O)O)NC(=O)[C@H](CC(=O)O)NC(=O)CCCNC(C)=O)C(C)(C)C)B(O)O. The van der Waals surface area contributed by atoms with E-state index >= 15 is 0 Å². The number of carbonyl (C=O) groups is 9. The molecular formula is C40H64BN7O13. The van der Waals surface area contributed by atoms with Crippen LogP contribution in [0, 0.1) is 18.3 Å². The fraction of sp³-hybridized carbons (Fsp3) is 0.625. The van der Waals surface area contributed by atoms with E-state index in [0.29, 0.717) is 5.56 Å². The summed E-state index contributed by atoms with van der Waals surface area (Å²) in [5, 5.41) is 55.9. The fourth-order valence-corrected chi connectivity index (χ4v) is 6.06. The van der Waals surface area contributed by atoms with E-state index in [1.165, 1.54) is 6.92 Å². The van der Waals surface area contributed by atoms with Gasteiger partial charge in [-0.1, -0.05) is 65.8 Å². The van der Waals surface area contributed by atoms with E-state index in [4.69, 9.17) is 0 Å². The lowest BCUT2D eigenvalue weighted by Crippen LogP contribution is -2.62. The maximum Gasteiger partial charge on any atom is 0.475 e. The molecule has 0 saturated heterocycles. The number of aryl methyl sites for hydroxylation is 1. The van der Waals surface area contributed by atoms with E-state index in [-0.39, 0.29) is 50.5 Å². The zero-order chi connectivity index (χ0) is 46.6. The molecule has 0 saturated carbocycles. The molecule has 0 spiro atoms. The van der Waals surface area contributed by atoms with Gasteiger partial charge in [0.1, 0.15) is 30.2 Å². The Labute approximate surface area is 356 Å². The number of amides is 7. The van der Waals surface area contributed by atoms with Crippen molar-refractivity contribution in [1.82, 2.24) is 37.2 Å². The molecule has 61 heavy (non-hydrogen) atoms. The summed E-state index contributed by atoms with van der Waals surface area (Å²) < 4.78 is 0. The van der Waals surface area contributed by atoms with E-state index in [1.54, 1.807) is 58.9 Å². The van der Waals surface area contributed by atoms with E-state index < -0.39 is 115 Å². The van der Waals surface area contributed by atoms with Crippen LogP contribution in [0.25, 0.3) is 0 Å². The molecule has 0 bridgehead atoms. The summed E-state index contributed by atoms with van der Waals surface area (Å²) >= 11 is 0. The molecule has 1 rings (SSSR count). The maximum atomic E-state index is 14.3. The summed E-state index contributed by atoms with van der Waals surface area (Å²) in [6.45, 7) is 13.4. The van der Waals surface area contributed by atoms with E-state index in [0.717, 1.165) is 5.56 Å². The van der Waals surface area contributed by atoms with Crippen LogP contribution in [-0.4, -0.2) is 123 Å². The normalized spacial score (nSPS) is 14.1. The van der Waals surface area contributed by atoms with Crippen LogP contribution in [0.15, 0.2) is 24.3 Å². The third-order valence-corrected chi connectivity index (χ3v) is 9.47. The zero-order valence-corrected chi connectivity index (χ0v) is 36.3. The first-order chi connectivity index (χ1) is 28.4. The Hall–Kier alpha value is -5.57. The molecule has 7 amide bonds. The lowest BCUT2D eigenvalue weighted by atomic mass is 9.77. The Kier molecular flexibility index (Phi) is 22.7. The minimum absolute atomic E-state index is 0.0991. The molecule has 340 valence electrons. The topological polar surface area (TPSA) is 319 Å². The summed E-state index contributed by atoms with van der Waals surface area (Å²) in [6.07, 6.45) is -1.86. The summed E-state index contributed by atoms with van der Waals surface area (Å²) in [6, 6.07) is -0.300. The van der Waals surface area contributed by atoms with Crippen LogP contribution in [0.5, 0.6) is 0 Å². The van der Waals surface area contributed by atoms with Gasteiger partial charge in [0.2, 0.25) is 41.4 Å². The van der Waals surface area contributed by atoms with Gasteiger partial charge in [0.05, 0.1) is 12.4 Å². The van der Waals surface area contributed by atoms with Crippen LogP contribution < -0.4 is 37.2 Å². The van der Waals surface area contributed by atoms with Crippen LogP contribution in [0.3, 0.4) is 0 Å². The van der Waals surface area contributed by atoms with Crippen molar-refractivity contribution in [2.24, 2.45) is 11.3 Å². The first kappa shape index (κ1) is 53.5. The highest BCUT2D eigenvalue weighted by Gasteiger charge is 2.38. The molecule has 0 unspecified atom stereocenters. The summed E-state index contributed by atoms with van der Waals surface area (Å²) in [5.41, 5.74) is 0.355.